The summed E-state index contributed by atoms with van der Waals surface area (Å²) in [5, 5.41) is 11.6. The Morgan fingerprint density at radius 1 is 1.50 bits per heavy atom. The molecular formula is C12H14FNO2. The van der Waals surface area contributed by atoms with Crippen molar-refractivity contribution in [3.8, 4) is 0 Å². The first-order chi connectivity index (χ1) is 7.52. The Hall–Kier alpha value is -1.84. The van der Waals surface area contributed by atoms with Crippen LogP contribution in [0.5, 0.6) is 0 Å². The monoisotopic (exact) mass is 223 g/mol. The molecule has 1 aromatic carbocycles. The Morgan fingerprint density at radius 2 is 2.19 bits per heavy atom. The minimum absolute atomic E-state index is 0.0347. The summed E-state index contributed by atoms with van der Waals surface area (Å²) in [5.41, 5.74) is 1.07. The summed E-state index contributed by atoms with van der Waals surface area (Å²) in [7, 11) is 0. The van der Waals surface area contributed by atoms with Crippen LogP contribution in [0.15, 0.2) is 29.8 Å². The van der Waals surface area contributed by atoms with Crippen LogP contribution in [-0.4, -0.2) is 17.6 Å². The van der Waals surface area contributed by atoms with Crippen LogP contribution < -0.4 is 5.32 Å². The molecule has 0 aliphatic rings. The van der Waals surface area contributed by atoms with Crippen LogP contribution in [0.2, 0.25) is 0 Å². The first-order valence-electron chi connectivity index (χ1n) is 4.91. The van der Waals surface area contributed by atoms with Crippen molar-refractivity contribution < 1.29 is 14.3 Å². The molecule has 0 saturated carbocycles. The van der Waals surface area contributed by atoms with Gasteiger partial charge in [0.05, 0.1) is 11.3 Å². The molecular weight excluding hydrogens is 209 g/mol. The van der Waals surface area contributed by atoms with Gasteiger partial charge < -0.3 is 10.4 Å². The van der Waals surface area contributed by atoms with Gasteiger partial charge in [-0.1, -0.05) is 17.7 Å². The smallest absolute Gasteiger partial charge is 0.337 e. The van der Waals surface area contributed by atoms with Crippen molar-refractivity contribution in [2.45, 2.75) is 13.8 Å². The van der Waals surface area contributed by atoms with Gasteiger partial charge in [0, 0.05) is 6.54 Å². The summed E-state index contributed by atoms with van der Waals surface area (Å²) in [5.74, 6) is -1.69. The number of carboxylic acid groups (broad SMARTS) is 1. The summed E-state index contributed by atoms with van der Waals surface area (Å²) in [6.07, 6.45) is 1.86. The lowest BCUT2D eigenvalue weighted by Gasteiger charge is -2.08. The van der Waals surface area contributed by atoms with E-state index in [2.05, 4.69) is 5.32 Å². The van der Waals surface area contributed by atoms with Gasteiger partial charge >= 0.3 is 5.97 Å². The number of aromatic carboxylic acids is 1. The van der Waals surface area contributed by atoms with Crippen molar-refractivity contribution in [3.05, 3.63) is 41.2 Å². The van der Waals surface area contributed by atoms with E-state index in [1.807, 2.05) is 19.9 Å². The predicted molar refractivity (Wildman–Crippen MR) is 61.3 cm³/mol. The van der Waals surface area contributed by atoms with Gasteiger partial charge in [-0.05, 0) is 26.0 Å². The Balaban J connectivity index is 2.93. The summed E-state index contributed by atoms with van der Waals surface area (Å²) < 4.78 is 13.4. The van der Waals surface area contributed by atoms with Crippen molar-refractivity contribution in [1.29, 1.82) is 0 Å². The summed E-state index contributed by atoms with van der Waals surface area (Å²) in [4.78, 5) is 10.8. The number of carbonyl (C=O) groups is 1. The minimum atomic E-state index is -1.14. The molecule has 4 heteroatoms. The number of halogens is 1. The highest BCUT2D eigenvalue weighted by atomic mass is 19.1. The highest BCUT2D eigenvalue weighted by Gasteiger charge is 2.12. The Morgan fingerprint density at radius 3 is 2.75 bits per heavy atom. The molecule has 0 atom stereocenters. The highest BCUT2D eigenvalue weighted by Crippen LogP contribution is 2.19. The van der Waals surface area contributed by atoms with Crippen LogP contribution in [0.4, 0.5) is 10.1 Å². The number of carboxylic acids is 1. The molecule has 0 heterocycles. The molecule has 1 rings (SSSR count). The number of benzene rings is 1. The van der Waals surface area contributed by atoms with Crippen molar-refractivity contribution in [1.82, 2.24) is 0 Å². The minimum Gasteiger partial charge on any atom is -0.478 e. The zero-order valence-electron chi connectivity index (χ0n) is 9.25. The Bertz CT molecular complexity index is 423. The van der Waals surface area contributed by atoms with Crippen molar-refractivity contribution in [3.63, 3.8) is 0 Å². The average molecular weight is 223 g/mol. The predicted octanol–water partition coefficient (Wildman–Crippen LogP) is 2.90. The van der Waals surface area contributed by atoms with E-state index >= 15 is 0 Å². The number of anilines is 1. The zero-order valence-corrected chi connectivity index (χ0v) is 9.25. The molecule has 0 fully saturated rings. The molecule has 16 heavy (non-hydrogen) atoms. The second-order valence-corrected chi connectivity index (χ2v) is 3.63. The average Bonchev–Trinajstić information content (AvgIpc) is 2.19. The third kappa shape index (κ3) is 3.08. The van der Waals surface area contributed by atoms with Crippen LogP contribution in [-0.2, 0) is 0 Å². The van der Waals surface area contributed by atoms with Gasteiger partial charge in [0.25, 0.3) is 0 Å². The third-order valence-corrected chi connectivity index (χ3v) is 2.03. The van der Waals surface area contributed by atoms with Crippen molar-refractivity contribution >= 4 is 11.7 Å². The van der Waals surface area contributed by atoms with Gasteiger partial charge in [-0.25, -0.2) is 9.18 Å². The molecule has 0 spiro atoms. The van der Waals surface area contributed by atoms with Crippen LogP contribution in [0.3, 0.4) is 0 Å². The first kappa shape index (κ1) is 12.2. The molecule has 0 aliphatic heterocycles. The molecule has 2 N–H and O–H groups in total. The third-order valence-electron chi connectivity index (χ3n) is 2.03. The zero-order chi connectivity index (χ0) is 12.1. The highest BCUT2D eigenvalue weighted by molar-refractivity contribution is 5.94. The number of hydrogen-bond acceptors (Lipinski definition) is 2. The van der Waals surface area contributed by atoms with Crippen molar-refractivity contribution in [2.24, 2.45) is 0 Å². The van der Waals surface area contributed by atoms with Crippen LogP contribution in [0.1, 0.15) is 24.2 Å². The molecule has 0 unspecified atom stereocenters. The molecule has 0 aliphatic carbocycles. The van der Waals surface area contributed by atoms with E-state index in [1.165, 1.54) is 18.2 Å². The molecule has 86 valence electrons. The van der Waals surface area contributed by atoms with E-state index in [0.29, 0.717) is 6.54 Å². The van der Waals surface area contributed by atoms with E-state index in [4.69, 9.17) is 5.11 Å². The van der Waals surface area contributed by atoms with E-state index < -0.39 is 11.8 Å². The summed E-state index contributed by atoms with van der Waals surface area (Å²) in [6, 6.07) is 3.98. The largest absolute Gasteiger partial charge is 0.478 e. The number of rotatable bonds is 4. The fourth-order valence-corrected chi connectivity index (χ4v) is 1.24. The van der Waals surface area contributed by atoms with E-state index in [0.717, 1.165) is 5.57 Å². The molecule has 1 aromatic rings. The van der Waals surface area contributed by atoms with Gasteiger partial charge in [0.2, 0.25) is 0 Å². The Labute approximate surface area is 93.6 Å². The van der Waals surface area contributed by atoms with Gasteiger partial charge in [-0.15, -0.1) is 0 Å². The number of para-hydroxylation sites is 1. The molecule has 0 aromatic heterocycles. The maximum absolute atomic E-state index is 13.4. The lowest BCUT2D eigenvalue weighted by molar-refractivity contribution is 0.0697. The van der Waals surface area contributed by atoms with Gasteiger partial charge in [-0.2, -0.15) is 0 Å². The van der Waals surface area contributed by atoms with Gasteiger partial charge in [-0.3, -0.25) is 0 Å². The molecule has 0 bridgehead atoms. The quantitative estimate of drug-likeness (QED) is 0.771. The van der Waals surface area contributed by atoms with E-state index in [9.17, 15) is 9.18 Å². The Kier molecular flexibility index (Phi) is 4.05. The topological polar surface area (TPSA) is 49.3 Å². The number of allylic oxidation sites excluding steroid dienone is 1. The number of nitrogens with one attached hydrogen (secondary N) is 1. The van der Waals surface area contributed by atoms with E-state index in [1.54, 1.807) is 0 Å². The second kappa shape index (κ2) is 5.30. The lowest BCUT2D eigenvalue weighted by atomic mass is 10.1. The summed E-state index contributed by atoms with van der Waals surface area (Å²) in [6.45, 7) is 4.24. The normalized spacial score (nSPS) is 9.69. The fourth-order valence-electron chi connectivity index (χ4n) is 1.24. The maximum Gasteiger partial charge on any atom is 0.337 e. The fraction of sp³-hybridized carbons (Fsp3) is 0.250. The lowest BCUT2D eigenvalue weighted by Crippen LogP contribution is -2.08. The molecule has 0 saturated heterocycles. The standard InChI is InChI=1S/C12H14FNO2/c1-8(2)6-7-14-11-9(12(15)16)4-3-5-10(11)13/h3-6,14H,7H2,1-2H3,(H,15,16). The number of hydrogen-bond donors (Lipinski definition) is 2. The second-order valence-electron chi connectivity index (χ2n) is 3.63. The van der Waals surface area contributed by atoms with Gasteiger partial charge in [0.1, 0.15) is 5.82 Å². The summed E-state index contributed by atoms with van der Waals surface area (Å²) >= 11 is 0. The van der Waals surface area contributed by atoms with Crippen molar-refractivity contribution in [2.75, 3.05) is 11.9 Å². The van der Waals surface area contributed by atoms with Crippen LogP contribution >= 0.6 is 0 Å². The SMILES string of the molecule is CC(C)=CCNc1c(F)cccc1C(=O)O. The van der Waals surface area contributed by atoms with Crippen LogP contribution in [0.25, 0.3) is 0 Å². The van der Waals surface area contributed by atoms with Crippen LogP contribution in [0, 0.1) is 5.82 Å². The maximum atomic E-state index is 13.4. The molecule has 0 radical (unpaired) electrons. The molecule has 0 amide bonds. The van der Waals surface area contributed by atoms with E-state index in [-0.39, 0.29) is 11.3 Å². The van der Waals surface area contributed by atoms with Gasteiger partial charge in [0.15, 0.2) is 0 Å². The molecule has 3 nitrogen and oxygen atoms in total. The first-order valence-corrected chi connectivity index (χ1v) is 4.91.